The molecule has 0 amide bonds. The third-order valence-electron chi connectivity index (χ3n) is 3.06. The van der Waals surface area contributed by atoms with E-state index in [0.29, 0.717) is 5.41 Å². The molecule has 66 valence electrons. The first kappa shape index (κ1) is 10.6. The molecule has 1 aliphatic rings. The quantitative estimate of drug-likeness (QED) is 0.573. The van der Waals surface area contributed by atoms with E-state index in [0.717, 1.165) is 0 Å². The summed E-state index contributed by atoms with van der Waals surface area (Å²) in [5.74, 6) is 0. The molecule has 0 aliphatic carbocycles. The van der Waals surface area contributed by atoms with Crippen LogP contribution in [0.25, 0.3) is 0 Å². The van der Waals surface area contributed by atoms with Crippen LogP contribution < -0.4 is 0 Å². The van der Waals surface area contributed by atoms with Gasteiger partial charge in [0.1, 0.15) is 0 Å². The van der Waals surface area contributed by atoms with Crippen molar-refractivity contribution < 1.29 is 0 Å². The fourth-order valence-corrected chi connectivity index (χ4v) is 1.83. The molecule has 1 saturated heterocycles. The van der Waals surface area contributed by atoms with Gasteiger partial charge in [-0.05, 0) is 0 Å². The summed E-state index contributed by atoms with van der Waals surface area (Å²) in [6.07, 6.45) is 4.28. The fourth-order valence-electron chi connectivity index (χ4n) is 1.83. The van der Waals surface area contributed by atoms with Gasteiger partial charge in [-0.2, -0.15) is 0 Å². The first-order valence-corrected chi connectivity index (χ1v) is 5.36. The predicted molar refractivity (Wildman–Crippen MR) is 54.6 cm³/mol. The minimum atomic E-state index is 0.525. The zero-order valence-corrected chi connectivity index (χ0v) is 8.90. The van der Waals surface area contributed by atoms with Gasteiger partial charge >= 0.3 is 85.9 Å². The van der Waals surface area contributed by atoms with E-state index in [2.05, 4.69) is 36.5 Å². The number of hydrogen-bond acceptors (Lipinski definition) is 1. The van der Waals surface area contributed by atoms with E-state index in [9.17, 15) is 0 Å². The summed E-state index contributed by atoms with van der Waals surface area (Å²) in [6, 6.07) is 0. The van der Waals surface area contributed by atoms with E-state index in [4.69, 9.17) is 0 Å². The van der Waals surface area contributed by atoms with Gasteiger partial charge in [0, 0.05) is 0 Å². The SMILES string of the molecule is [Li][CH2]C(C)(C)CN1CCCCC1. The average molecular weight is 161 g/mol. The van der Waals surface area contributed by atoms with Crippen molar-refractivity contribution in [3.05, 3.63) is 0 Å². The minimum absolute atomic E-state index is 0.525. The standard InChI is InChI=1S/C10H20N.Li/c1-10(2,3)9-11-7-5-4-6-8-11;/h1,4-9H2,2-3H3;. The Kier molecular flexibility index (Phi) is 4.17. The van der Waals surface area contributed by atoms with Gasteiger partial charge in [-0.15, -0.1) is 0 Å². The van der Waals surface area contributed by atoms with E-state index in [1.165, 1.54) is 44.0 Å². The van der Waals surface area contributed by atoms with Crippen LogP contribution in [0.5, 0.6) is 0 Å². The summed E-state index contributed by atoms with van der Waals surface area (Å²) < 4.78 is 0. The van der Waals surface area contributed by atoms with Gasteiger partial charge in [0.25, 0.3) is 0 Å². The van der Waals surface area contributed by atoms with Crippen molar-refractivity contribution in [1.82, 2.24) is 4.90 Å². The van der Waals surface area contributed by atoms with Gasteiger partial charge in [-0.1, -0.05) is 0 Å². The van der Waals surface area contributed by atoms with Gasteiger partial charge in [0.05, 0.1) is 0 Å². The molecule has 1 nitrogen and oxygen atoms in total. The van der Waals surface area contributed by atoms with Gasteiger partial charge < -0.3 is 0 Å². The van der Waals surface area contributed by atoms with Crippen molar-refractivity contribution in [3.8, 4) is 0 Å². The molecule has 1 rings (SSSR count). The zero-order chi connectivity index (χ0) is 9.03. The molecule has 0 spiro atoms. The molecule has 0 saturated carbocycles. The van der Waals surface area contributed by atoms with E-state index in [-0.39, 0.29) is 0 Å². The van der Waals surface area contributed by atoms with Gasteiger partial charge in [0.15, 0.2) is 0 Å². The maximum atomic E-state index is 2.63. The van der Waals surface area contributed by atoms with Crippen molar-refractivity contribution >= 4 is 17.7 Å². The number of hydrogen-bond donors (Lipinski definition) is 0. The Hall–Kier alpha value is 0.557. The first-order valence-electron chi connectivity index (χ1n) is 5.36. The van der Waals surface area contributed by atoms with Crippen LogP contribution in [0.1, 0.15) is 33.1 Å². The summed E-state index contributed by atoms with van der Waals surface area (Å²) in [7, 11) is 0. The van der Waals surface area contributed by atoms with Crippen LogP contribution in [0.2, 0.25) is 5.09 Å². The molecule has 1 fully saturated rings. The molecule has 0 N–H and O–H groups in total. The van der Waals surface area contributed by atoms with Crippen LogP contribution in [0, 0.1) is 5.41 Å². The molecule has 1 aliphatic heterocycles. The Labute approximate surface area is 86.1 Å². The molecular formula is C10H20LiN. The van der Waals surface area contributed by atoms with Gasteiger partial charge in [0.2, 0.25) is 0 Å². The van der Waals surface area contributed by atoms with Crippen molar-refractivity contribution in [2.45, 2.75) is 38.2 Å². The summed E-state index contributed by atoms with van der Waals surface area (Å²) in [6.45, 7) is 8.72. The van der Waals surface area contributed by atoms with E-state index in [1.54, 1.807) is 0 Å². The summed E-state index contributed by atoms with van der Waals surface area (Å²) in [4.78, 5) is 2.63. The average Bonchev–Trinajstić information content (AvgIpc) is 2.06. The molecule has 0 aromatic heterocycles. The van der Waals surface area contributed by atoms with Crippen molar-refractivity contribution in [2.24, 2.45) is 5.41 Å². The van der Waals surface area contributed by atoms with Crippen LogP contribution in [-0.2, 0) is 0 Å². The molecule has 0 atom stereocenters. The Morgan fingerprint density at radius 3 is 2.25 bits per heavy atom. The van der Waals surface area contributed by atoms with Crippen LogP contribution in [-0.4, -0.2) is 42.2 Å². The Bertz CT molecular complexity index is 128. The van der Waals surface area contributed by atoms with Gasteiger partial charge in [-0.3, -0.25) is 0 Å². The molecular weight excluding hydrogens is 141 g/mol. The summed E-state index contributed by atoms with van der Waals surface area (Å²) in [5, 5.41) is 1.30. The Morgan fingerprint density at radius 1 is 1.17 bits per heavy atom. The van der Waals surface area contributed by atoms with Crippen LogP contribution >= 0.6 is 0 Å². The topological polar surface area (TPSA) is 3.24 Å². The Balaban J connectivity index is 2.28. The number of nitrogens with zero attached hydrogens (tertiary/aromatic N) is 1. The fraction of sp³-hybridized carbons (Fsp3) is 1.00. The molecule has 12 heavy (non-hydrogen) atoms. The van der Waals surface area contributed by atoms with Gasteiger partial charge in [-0.25, -0.2) is 0 Å². The number of piperidine rings is 1. The number of likely N-dealkylation sites (tertiary alicyclic amines) is 1. The number of rotatable bonds is 3. The van der Waals surface area contributed by atoms with Crippen molar-refractivity contribution in [3.63, 3.8) is 0 Å². The monoisotopic (exact) mass is 161 g/mol. The first-order chi connectivity index (χ1) is 5.64. The molecule has 0 aromatic carbocycles. The van der Waals surface area contributed by atoms with E-state index < -0.39 is 0 Å². The summed E-state index contributed by atoms with van der Waals surface area (Å²) in [5.41, 5.74) is 0.525. The second-order valence-corrected chi connectivity index (χ2v) is 4.85. The van der Waals surface area contributed by atoms with Crippen LogP contribution in [0.4, 0.5) is 0 Å². The Morgan fingerprint density at radius 2 is 1.75 bits per heavy atom. The molecule has 1 heterocycles. The summed E-state index contributed by atoms with van der Waals surface area (Å²) >= 11 is 2.30. The molecule has 0 radical (unpaired) electrons. The second kappa shape index (κ2) is 4.70. The van der Waals surface area contributed by atoms with Crippen molar-refractivity contribution in [2.75, 3.05) is 19.6 Å². The van der Waals surface area contributed by atoms with E-state index >= 15 is 0 Å². The molecule has 0 bridgehead atoms. The third kappa shape index (κ3) is 3.52. The van der Waals surface area contributed by atoms with Crippen LogP contribution in [0.3, 0.4) is 0 Å². The van der Waals surface area contributed by atoms with Crippen molar-refractivity contribution in [1.29, 1.82) is 0 Å². The maximum absolute atomic E-state index is 2.63. The van der Waals surface area contributed by atoms with E-state index in [1.807, 2.05) is 0 Å². The predicted octanol–water partition coefficient (Wildman–Crippen LogP) is 2.09. The van der Waals surface area contributed by atoms with Crippen LogP contribution in [0.15, 0.2) is 0 Å². The second-order valence-electron chi connectivity index (χ2n) is 4.85. The third-order valence-corrected chi connectivity index (χ3v) is 3.06. The zero-order valence-electron chi connectivity index (χ0n) is 8.90. The molecule has 2 heteroatoms. The normalized spacial score (nSPS) is 21.3. The molecule has 0 aromatic rings. The molecule has 0 unspecified atom stereocenters.